The maximum atomic E-state index is 14.3. The molecule has 158 valence electrons. The zero-order valence-corrected chi connectivity index (χ0v) is 18.1. The van der Waals surface area contributed by atoms with Crippen LogP contribution in [0.25, 0.3) is 10.9 Å². The summed E-state index contributed by atoms with van der Waals surface area (Å²) in [4.78, 5) is 28.7. The van der Waals surface area contributed by atoms with Crippen LogP contribution in [0.3, 0.4) is 0 Å². The third-order valence-corrected chi connectivity index (χ3v) is 5.52. The quantitative estimate of drug-likeness (QED) is 0.718. The van der Waals surface area contributed by atoms with E-state index in [0.717, 1.165) is 0 Å². The minimum atomic E-state index is -0.627. The number of H-pyrrole nitrogens is 1. The normalized spacial score (nSPS) is 17.7. The number of carbonyl (C=O) groups excluding carboxylic acids is 2. The standard InChI is InChI=1S/C19H24BrFN4O4/c1-19(2,3)29-18(28)24-5-6-25(11(10-24)4-7-26)17(27)12-8-14(21)15(20)13-9-22-23-16(12)13/h8-9,11,26H,4-7,10H2,1-3H3,(H,22,23). The first-order chi connectivity index (χ1) is 13.6. The van der Waals surface area contributed by atoms with Crippen LogP contribution in [-0.4, -0.2) is 75.0 Å². The van der Waals surface area contributed by atoms with Gasteiger partial charge in [-0.05, 0) is 49.2 Å². The van der Waals surface area contributed by atoms with Crippen molar-refractivity contribution in [3.8, 4) is 0 Å². The van der Waals surface area contributed by atoms with Gasteiger partial charge in [0, 0.05) is 31.6 Å². The lowest BCUT2D eigenvalue weighted by Crippen LogP contribution is -2.57. The van der Waals surface area contributed by atoms with E-state index in [1.807, 2.05) is 0 Å². The van der Waals surface area contributed by atoms with E-state index in [9.17, 15) is 19.1 Å². The third-order valence-electron chi connectivity index (χ3n) is 4.71. The number of benzene rings is 1. The maximum absolute atomic E-state index is 14.3. The highest BCUT2D eigenvalue weighted by molar-refractivity contribution is 9.10. The molecule has 0 radical (unpaired) electrons. The van der Waals surface area contributed by atoms with Crippen LogP contribution in [0, 0.1) is 5.82 Å². The molecule has 10 heteroatoms. The van der Waals surface area contributed by atoms with E-state index in [4.69, 9.17) is 4.74 Å². The number of piperazine rings is 1. The molecule has 2 amide bonds. The van der Waals surface area contributed by atoms with Gasteiger partial charge in [0.2, 0.25) is 0 Å². The molecule has 1 aliphatic heterocycles. The maximum Gasteiger partial charge on any atom is 0.410 e. The van der Waals surface area contributed by atoms with Gasteiger partial charge in [-0.25, -0.2) is 9.18 Å². The van der Waals surface area contributed by atoms with Gasteiger partial charge in [0.25, 0.3) is 5.91 Å². The third kappa shape index (κ3) is 4.53. The fourth-order valence-corrected chi connectivity index (χ4v) is 3.80. The number of aliphatic hydroxyl groups excluding tert-OH is 1. The second kappa shape index (κ2) is 8.27. The molecule has 2 heterocycles. The number of nitrogens with one attached hydrogen (secondary N) is 1. The number of nitrogens with zero attached hydrogens (tertiary/aromatic N) is 3. The number of hydrogen-bond acceptors (Lipinski definition) is 5. The summed E-state index contributed by atoms with van der Waals surface area (Å²) in [7, 11) is 0. The number of rotatable bonds is 3. The van der Waals surface area contributed by atoms with Gasteiger partial charge in [0.05, 0.1) is 27.8 Å². The van der Waals surface area contributed by atoms with Gasteiger partial charge < -0.3 is 19.6 Å². The van der Waals surface area contributed by atoms with Crippen LogP contribution < -0.4 is 0 Å². The number of aromatic amines is 1. The molecule has 0 saturated carbocycles. The first kappa shape index (κ1) is 21.5. The Morgan fingerprint density at radius 2 is 2.14 bits per heavy atom. The average Bonchev–Trinajstić information content (AvgIpc) is 3.13. The van der Waals surface area contributed by atoms with Crippen LogP contribution >= 0.6 is 15.9 Å². The van der Waals surface area contributed by atoms with E-state index in [0.29, 0.717) is 10.9 Å². The molecule has 2 N–H and O–H groups in total. The zero-order valence-electron chi connectivity index (χ0n) is 16.5. The molecule has 1 unspecified atom stereocenters. The zero-order chi connectivity index (χ0) is 21.3. The van der Waals surface area contributed by atoms with Gasteiger partial charge in [0.1, 0.15) is 11.4 Å². The van der Waals surface area contributed by atoms with Crippen molar-refractivity contribution in [3.63, 3.8) is 0 Å². The summed E-state index contributed by atoms with van der Waals surface area (Å²) in [5.74, 6) is -0.943. The van der Waals surface area contributed by atoms with Crippen molar-refractivity contribution in [1.82, 2.24) is 20.0 Å². The van der Waals surface area contributed by atoms with Crippen molar-refractivity contribution < 1.29 is 23.8 Å². The Hall–Kier alpha value is -2.20. The van der Waals surface area contributed by atoms with E-state index in [-0.39, 0.29) is 48.6 Å². The Labute approximate surface area is 176 Å². The minimum absolute atomic E-state index is 0.148. The molecule has 0 spiro atoms. The average molecular weight is 471 g/mol. The molecule has 2 aromatic rings. The van der Waals surface area contributed by atoms with Crippen LogP contribution in [0.4, 0.5) is 9.18 Å². The fourth-order valence-electron chi connectivity index (χ4n) is 3.38. The van der Waals surface area contributed by atoms with E-state index in [2.05, 4.69) is 26.1 Å². The molecule has 1 fully saturated rings. The van der Waals surface area contributed by atoms with E-state index < -0.39 is 23.6 Å². The molecule has 1 aromatic heterocycles. The SMILES string of the molecule is CC(C)(C)OC(=O)N1CCN(C(=O)c2cc(F)c(Br)c3cn[nH]c23)C(CCO)C1. The Morgan fingerprint density at radius 1 is 1.41 bits per heavy atom. The Bertz CT molecular complexity index is 927. The predicted molar refractivity (Wildman–Crippen MR) is 108 cm³/mol. The van der Waals surface area contributed by atoms with E-state index >= 15 is 0 Å². The number of aromatic nitrogens is 2. The van der Waals surface area contributed by atoms with Gasteiger partial charge in [-0.3, -0.25) is 9.89 Å². The van der Waals surface area contributed by atoms with Crippen LogP contribution in [0.15, 0.2) is 16.7 Å². The van der Waals surface area contributed by atoms with Gasteiger partial charge in [-0.2, -0.15) is 5.10 Å². The number of hydrogen-bond donors (Lipinski definition) is 2. The lowest BCUT2D eigenvalue weighted by atomic mass is 10.0. The van der Waals surface area contributed by atoms with Gasteiger partial charge >= 0.3 is 6.09 Å². The number of aliphatic hydroxyl groups is 1. The minimum Gasteiger partial charge on any atom is -0.444 e. The van der Waals surface area contributed by atoms with E-state index in [1.165, 1.54) is 17.2 Å². The molecule has 8 nitrogen and oxygen atoms in total. The van der Waals surface area contributed by atoms with E-state index in [1.54, 1.807) is 25.7 Å². The smallest absolute Gasteiger partial charge is 0.410 e. The second-order valence-electron chi connectivity index (χ2n) is 7.97. The highest BCUT2D eigenvalue weighted by Crippen LogP contribution is 2.30. The highest BCUT2D eigenvalue weighted by Gasteiger charge is 2.35. The molecule has 29 heavy (non-hydrogen) atoms. The molecule has 1 aliphatic rings. The number of carbonyl (C=O) groups is 2. The van der Waals surface area contributed by atoms with Crippen molar-refractivity contribution in [2.24, 2.45) is 0 Å². The van der Waals surface area contributed by atoms with Crippen LogP contribution in [0.1, 0.15) is 37.6 Å². The summed E-state index contributed by atoms with van der Waals surface area (Å²) < 4.78 is 20.0. The lowest BCUT2D eigenvalue weighted by molar-refractivity contribution is 0.00181. The summed E-state index contributed by atoms with van der Waals surface area (Å²) in [6.45, 7) is 5.97. The second-order valence-corrected chi connectivity index (χ2v) is 8.76. The fraction of sp³-hybridized carbons (Fsp3) is 0.526. The molecule has 0 bridgehead atoms. The van der Waals surface area contributed by atoms with Gasteiger partial charge in [0.15, 0.2) is 0 Å². The number of fused-ring (bicyclic) bond motifs is 1. The molecule has 1 atom stereocenters. The molecule has 0 aliphatic carbocycles. The van der Waals surface area contributed by atoms with Crippen molar-refractivity contribution in [2.75, 3.05) is 26.2 Å². The summed E-state index contributed by atoms with van der Waals surface area (Å²) in [6, 6.07) is 0.752. The first-order valence-corrected chi connectivity index (χ1v) is 10.1. The Balaban J connectivity index is 1.85. The van der Waals surface area contributed by atoms with Crippen molar-refractivity contribution in [3.05, 3.63) is 28.1 Å². The molecular formula is C19H24BrFN4O4. The van der Waals surface area contributed by atoms with Crippen molar-refractivity contribution >= 4 is 38.8 Å². The monoisotopic (exact) mass is 470 g/mol. The van der Waals surface area contributed by atoms with Crippen LogP contribution in [0.2, 0.25) is 0 Å². The lowest BCUT2D eigenvalue weighted by Gasteiger charge is -2.41. The van der Waals surface area contributed by atoms with Gasteiger partial charge in [-0.15, -0.1) is 0 Å². The largest absolute Gasteiger partial charge is 0.444 e. The van der Waals surface area contributed by atoms with Crippen molar-refractivity contribution in [2.45, 2.75) is 38.8 Å². The summed E-state index contributed by atoms with van der Waals surface area (Å²) >= 11 is 3.17. The Morgan fingerprint density at radius 3 is 2.79 bits per heavy atom. The topological polar surface area (TPSA) is 98.8 Å². The highest BCUT2D eigenvalue weighted by atomic mass is 79.9. The summed E-state index contributed by atoms with van der Waals surface area (Å²) in [6.07, 6.45) is 1.28. The van der Waals surface area contributed by atoms with Crippen LogP contribution in [-0.2, 0) is 4.74 Å². The summed E-state index contributed by atoms with van der Waals surface area (Å²) in [5.41, 5.74) is -0.0371. The number of amides is 2. The first-order valence-electron chi connectivity index (χ1n) is 9.33. The Kier molecular flexibility index (Phi) is 6.13. The number of halogens is 2. The molecule has 1 saturated heterocycles. The van der Waals surface area contributed by atoms with Crippen molar-refractivity contribution in [1.29, 1.82) is 0 Å². The van der Waals surface area contributed by atoms with Gasteiger partial charge in [-0.1, -0.05) is 0 Å². The summed E-state index contributed by atoms with van der Waals surface area (Å²) in [5, 5.41) is 16.6. The number of ether oxygens (including phenoxy) is 1. The predicted octanol–water partition coefficient (Wildman–Crippen LogP) is 2.91. The van der Waals surface area contributed by atoms with Crippen LogP contribution in [0.5, 0.6) is 0 Å². The molecular weight excluding hydrogens is 447 g/mol. The molecule has 1 aromatic carbocycles. The molecule has 3 rings (SSSR count).